The predicted molar refractivity (Wildman–Crippen MR) is 108 cm³/mol. The molecule has 140 valence electrons. The molecule has 1 aromatic heterocycles. The predicted octanol–water partition coefficient (Wildman–Crippen LogP) is 3.47. The van der Waals surface area contributed by atoms with E-state index in [-0.39, 0.29) is 11.9 Å². The molecule has 1 aliphatic heterocycles. The molecule has 1 aromatic carbocycles. The smallest absolute Gasteiger partial charge is 0.247 e. The molecule has 2 heterocycles. The van der Waals surface area contributed by atoms with Crippen molar-refractivity contribution in [2.45, 2.75) is 26.3 Å². The third-order valence-electron chi connectivity index (χ3n) is 4.99. The van der Waals surface area contributed by atoms with E-state index in [4.69, 9.17) is 0 Å². The van der Waals surface area contributed by atoms with Crippen LogP contribution in [0.25, 0.3) is 0 Å². The molecule has 0 bridgehead atoms. The lowest BCUT2D eigenvalue weighted by Gasteiger charge is -2.34. The number of aromatic nitrogens is 1. The Labute approximate surface area is 156 Å². The highest BCUT2D eigenvalue weighted by Gasteiger charge is 2.21. The first-order valence-corrected chi connectivity index (χ1v) is 9.50. The standard InChI is InChI=1S/C21H30N4O/c1-17(2)16-20(25-10-4-5-11-25)21(26)22-18-6-8-19(9-7-18)24-14-12-23(3)13-15-24/h4-11,17,20H,12-16H2,1-3H3,(H,22,26)/t20-/m1/s1. The monoisotopic (exact) mass is 354 g/mol. The second-order valence-electron chi connectivity index (χ2n) is 7.60. The van der Waals surface area contributed by atoms with Crippen molar-refractivity contribution in [3.05, 3.63) is 48.8 Å². The Bertz CT molecular complexity index is 685. The molecule has 3 rings (SSSR count). The number of nitrogens with one attached hydrogen (secondary N) is 1. The van der Waals surface area contributed by atoms with E-state index in [1.54, 1.807) is 0 Å². The van der Waals surface area contributed by atoms with Crippen LogP contribution >= 0.6 is 0 Å². The fourth-order valence-electron chi connectivity index (χ4n) is 3.41. The third kappa shape index (κ3) is 4.67. The van der Waals surface area contributed by atoms with Gasteiger partial charge < -0.3 is 19.7 Å². The summed E-state index contributed by atoms with van der Waals surface area (Å²) in [6.07, 6.45) is 4.74. The fourth-order valence-corrected chi connectivity index (χ4v) is 3.41. The summed E-state index contributed by atoms with van der Waals surface area (Å²) in [5.41, 5.74) is 2.08. The second-order valence-corrected chi connectivity index (χ2v) is 7.60. The first-order chi connectivity index (χ1) is 12.5. The van der Waals surface area contributed by atoms with Gasteiger partial charge in [0.2, 0.25) is 5.91 Å². The van der Waals surface area contributed by atoms with Crippen molar-refractivity contribution in [2.24, 2.45) is 5.92 Å². The summed E-state index contributed by atoms with van der Waals surface area (Å²) in [5, 5.41) is 3.09. The second kappa shape index (κ2) is 8.41. The number of hydrogen-bond donors (Lipinski definition) is 1. The SMILES string of the molecule is CC(C)C[C@H](C(=O)Nc1ccc(N2CCN(C)CC2)cc1)n1cccc1. The Morgan fingerprint density at radius 2 is 1.65 bits per heavy atom. The van der Waals surface area contributed by atoms with E-state index in [1.165, 1.54) is 5.69 Å². The van der Waals surface area contributed by atoms with Crippen molar-refractivity contribution in [1.29, 1.82) is 0 Å². The number of benzene rings is 1. The van der Waals surface area contributed by atoms with Crippen LogP contribution in [0, 0.1) is 5.92 Å². The normalized spacial score (nSPS) is 16.7. The summed E-state index contributed by atoms with van der Waals surface area (Å²) < 4.78 is 1.99. The summed E-state index contributed by atoms with van der Waals surface area (Å²) in [5.74, 6) is 0.495. The van der Waals surface area contributed by atoms with Gasteiger partial charge >= 0.3 is 0 Å². The van der Waals surface area contributed by atoms with Gasteiger partial charge in [-0.05, 0) is 55.8 Å². The average molecular weight is 354 g/mol. The Morgan fingerprint density at radius 1 is 1.04 bits per heavy atom. The molecular formula is C21H30N4O. The molecule has 1 fully saturated rings. The van der Waals surface area contributed by atoms with Gasteiger partial charge in [-0.1, -0.05) is 13.8 Å². The van der Waals surface area contributed by atoms with Crippen molar-refractivity contribution in [3.63, 3.8) is 0 Å². The number of anilines is 2. The maximum atomic E-state index is 12.8. The van der Waals surface area contributed by atoms with Gasteiger partial charge in [0.05, 0.1) is 0 Å². The van der Waals surface area contributed by atoms with Crippen LogP contribution in [-0.2, 0) is 4.79 Å². The maximum absolute atomic E-state index is 12.8. The highest BCUT2D eigenvalue weighted by Crippen LogP contribution is 2.23. The zero-order valence-corrected chi connectivity index (χ0v) is 16.1. The molecule has 1 N–H and O–H groups in total. The topological polar surface area (TPSA) is 40.5 Å². The quantitative estimate of drug-likeness (QED) is 0.864. The van der Waals surface area contributed by atoms with Crippen LogP contribution in [0.15, 0.2) is 48.8 Å². The van der Waals surface area contributed by atoms with Gasteiger partial charge in [-0.15, -0.1) is 0 Å². The zero-order chi connectivity index (χ0) is 18.5. The van der Waals surface area contributed by atoms with Gasteiger partial charge in [-0.3, -0.25) is 4.79 Å². The minimum absolute atomic E-state index is 0.0437. The number of carbonyl (C=O) groups excluding carboxylic acids is 1. The molecule has 1 atom stereocenters. The van der Waals surface area contributed by atoms with Crippen molar-refractivity contribution in [1.82, 2.24) is 9.47 Å². The highest BCUT2D eigenvalue weighted by molar-refractivity contribution is 5.93. The van der Waals surface area contributed by atoms with Crippen molar-refractivity contribution in [3.8, 4) is 0 Å². The van der Waals surface area contributed by atoms with Crippen LogP contribution in [0.3, 0.4) is 0 Å². The fraction of sp³-hybridized carbons (Fsp3) is 0.476. The Morgan fingerprint density at radius 3 is 2.23 bits per heavy atom. The average Bonchev–Trinajstić information content (AvgIpc) is 3.15. The van der Waals surface area contributed by atoms with Crippen LogP contribution in [-0.4, -0.2) is 48.6 Å². The van der Waals surface area contributed by atoms with Gasteiger partial charge in [-0.2, -0.15) is 0 Å². The van der Waals surface area contributed by atoms with Crippen LogP contribution < -0.4 is 10.2 Å². The zero-order valence-electron chi connectivity index (χ0n) is 16.1. The molecule has 5 heteroatoms. The Kier molecular flexibility index (Phi) is 5.99. The van der Waals surface area contributed by atoms with E-state index in [2.05, 4.69) is 48.1 Å². The van der Waals surface area contributed by atoms with E-state index in [0.29, 0.717) is 5.92 Å². The van der Waals surface area contributed by atoms with Crippen molar-refractivity contribution in [2.75, 3.05) is 43.4 Å². The van der Waals surface area contributed by atoms with E-state index in [1.807, 2.05) is 41.2 Å². The summed E-state index contributed by atoms with van der Waals surface area (Å²) >= 11 is 0. The molecule has 1 aliphatic rings. The largest absolute Gasteiger partial charge is 0.369 e. The Balaban J connectivity index is 1.64. The molecule has 0 radical (unpaired) electrons. The lowest BCUT2D eigenvalue weighted by atomic mass is 10.0. The van der Waals surface area contributed by atoms with E-state index in [0.717, 1.165) is 38.3 Å². The molecule has 5 nitrogen and oxygen atoms in total. The summed E-state index contributed by atoms with van der Waals surface area (Å²) in [4.78, 5) is 17.6. The van der Waals surface area contributed by atoms with Gasteiger partial charge in [0.1, 0.15) is 6.04 Å². The lowest BCUT2D eigenvalue weighted by Crippen LogP contribution is -2.44. The van der Waals surface area contributed by atoms with Gasteiger partial charge in [-0.25, -0.2) is 0 Å². The minimum Gasteiger partial charge on any atom is -0.369 e. The van der Waals surface area contributed by atoms with Crippen LogP contribution in [0.4, 0.5) is 11.4 Å². The molecule has 0 spiro atoms. The van der Waals surface area contributed by atoms with Gasteiger partial charge in [0.25, 0.3) is 0 Å². The molecule has 1 amide bonds. The number of nitrogens with zero attached hydrogens (tertiary/aromatic N) is 3. The molecule has 0 aliphatic carbocycles. The number of hydrogen-bond acceptors (Lipinski definition) is 3. The molecule has 0 unspecified atom stereocenters. The van der Waals surface area contributed by atoms with Gasteiger partial charge in [0, 0.05) is 49.9 Å². The number of amides is 1. The van der Waals surface area contributed by atoms with E-state index < -0.39 is 0 Å². The number of rotatable bonds is 6. The van der Waals surface area contributed by atoms with E-state index in [9.17, 15) is 4.79 Å². The highest BCUT2D eigenvalue weighted by atomic mass is 16.2. The van der Waals surface area contributed by atoms with Gasteiger partial charge in [0.15, 0.2) is 0 Å². The molecule has 1 saturated heterocycles. The summed E-state index contributed by atoms with van der Waals surface area (Å²) in [7, 11) is 2.16. The van der Waals surface area contributed by atoms with Crippen LogP contribution in [0.1, 0.15) is 26.3 Å². The van der Waals surface area contributed by atoms with Crippen molar-refractivity contribution >= 4 is 17.3 Å². The minimum atomic E-state index is -0.178. The molecule has 2 aromatic rings. The lowest BCUT2D eigenvalue weighted by molar-refractivity contribution is -0.119. The van der Waals surface area contributed by atoms with E-state index >= 15 is 0 Å². The van der Waals surface area contributed by atoms with Crippen LogP contribution in [0.5, 0.6) is 0 Å². The summed E-state index contributed by atoms with van der Waals surface area (Å²) in [6.45, 7) is 8.57. The maximum Gasteiger partial charge on any atom is 0.247 e. The van der Waals surface area contributed by atoms with Crippen molar-refractivity contribution < 1.29 is 4.79 Å². The number of likely N-dealkylation sites (N-methyl/N-ethyl adjacent to an activating group) is 1. The first kappa shape index (κ1) is 18.5. The molecular weight excluding hydrogens is 324 g/mol. The first-order valence-electron chi connectivity index (χ1n) is 9.50. The number of piperazine rings is 1. The molecule has 0 saturated carbocycles. The third-order valence-corrected chi connectivity index (χ3v) is 4.99. The summed E-state index contributed by atoms with van der Waals surface area (Å²) in [6, 6.07) is 12.0. The Hall–Kier alpha value is -2.27. The molecule has 26 heavy (non-hydrogen) atoms. The van der Waals surface area contributed by atoms with Crippen LogP contribution in [0.2, 0.25) is 0 Å². The number of carbonyl (C=O) groups is 1.